The molecule has 10 rings (SSSR count). The third kappa shape index (κ3) is 3.68. The molecule has 3 nitrogen and oxygen atoms in total. The normalized spacial score (nSPS) is 16.8. The number of benzene rings is 6. The van der Waals surface area contributed by atoms with Gasteiger partial charge in [-0.05, 0) is 76.7 Å². The van der Waals surface area contributed by atoms with E-state index in [1.54, 1.807) is 0 Å². The molecule has 0 fully saturated rings. The van der Waals surface area contributed by atoms with Crippen LogP contribution in [0.2, 0.25) is 0 Å². The highest BCUT2D eigenvalue weighted by Crippen LogP contribution is 2.59. The minimum absolute atomic E-state index is 0.176. The van der Waals surface area contributed by atoms with E-state index in [0.29, 0.717) is 0 Å². The van der Waals surface area contributed by atoms with Crippen molar-refractivity contribution >= 4 is 66.0 Å². The van der Waals surface area contributed by atoms with Gasteiger partial charge in [0.2, 0.25) is 0 Å². The van der Waals surface area contributed by atoms with Crippen LogP contribution in [0, 0.1) is 0 Å². The lowest BCUT2D eigenvalue weighted by Crippen LogP contribution is -2.32. The van der Waals surface area contributed by atoms with Gasteiger partial charge in [-0.15, -0.1) is 0 Å². The quantitative estimate of drug-likeness (QED) is 0.200. The second kappa shape index (κ2) is 9.73. The summed E-state index contributed by atoms with van der Waals surface area (Å²) in [5, 5.41) is 7.21. The van der Waals surface area contributed by atoms with Crippen LogP contribution >= 0.6 is 0 Å². The lowest BCUT2D eigenvalue weighted by atomic mass is 9.78. The summed E-state index contributed by atoms with van der Waals surface area (Å²) >= 11 is 0. The average Bonchev–Trinajstić information content (AvgIpc) is 3.65. The van der Waals surface area contributed by atoms with Gasteiger partial charge in [-0.25, -0.2) is 0 Å². The Hall–Kier alpha value is -5.54. The Balaban J connectivity index is 1.28. The van der Waals surface area contributed by atoms with Gasteiger partial charge in [0.25, 0.3) is 0 Å². The Bertz CT molecular complexity index is 2630. The molecule has 47 heavy (non-hydrogen) atoms. The number of hydrogen-bond donors (Lipinski definition) is 0. The largest absolute Gasteiger partial charge is 0.456 e. The number of hydrogen-bond acceptors (Lipinski definition) is 3. The average molecular weight is 608 g/mol. The molecule has 0 amide bonds. The molecular weight excluding hydrogens is 574 g/mol. The maximum atomic E-state index is 6.81. The van der Waals surface area contributed by atoms with Gasteiger partial charge >= 0.3 is 0 Å². The summed E-state index contributed by atoms with van der Waals surface area (Å²) in [4.78, 5) is 2.58. The molecule has 0 saturated carbocycles. The molecule has 0 aliphatic heterocycles. The molecule has 6 aromatic carbocycles. The Morgan fingerprint density at radius 2 is 1.36 bits per heavy atom. The second-order valence-electron chi connectivity index (χ2n) is 13.5. The van der Waals surface area contributed by atoms with E-state index < -0.39 is 0 Å². The predicted molar refractivity (Wildman–Crippen MR) is 196 cm³/mol. The molecule has 2 aliphatic rings. The summed E-state index contributed by atoms with van der Waals surface area (Å²) < 4.78 is 13.1. The lowest BCUT2D eigenvalue weighted by Gasteiger charge is -2.36. The van der Waals surface area contributed by atoms with Crippen LogP contribution in [0.3, 0.4) is 0 Å². The van der Waals surface area contributed by atoms with Crippen LogP contribution in [-0.4, -0.2) is 6.04 Å². The fourth-order valence-electron chi connectivity index (χ4n) is 8.61. The maximum Gasteiger partial charge on any atom is 0.144 e. The standard InChI is InChI=1S/C44H33NO2/c1-44(2)41-33(40-42(44)31-18-8-7-17-30(31)39-32-19-10-12-23-37(32)47-43(39)40)20-13-21-35(41)45(27-14-5-3-4-6-15-27)28-24-25-38-34(26-28)29-16-9-11-22-36(29)46-38/h3-5,7-14,16-27H,6,15H2,1-2H3. The van der Waals surface area contributed by atoms with Gasteiger partial charge in [-0.2, -0.15) is 0 Å². The summed E-state index contributed by atoms with van der Waals surface area (Å²) in [6, 6.07) is 39.5. The first-order valence-corrected chi connectivity index (χ1v) is 16.6. The van der Waals surface area contributed by atoms with Crippen molar-refractivity contribution < 1.29 is 8.83 Å². The van der Waals surface area contributed by atoms with E-state index in [1.807, 2.05) is 6.07 Å². The van der Waals surface area contributed by atoms with Crippen molar-refractivity contribution in [2.24, 2.45) is 0 Å². The molecule has 2 aromatic heterocycles. The summed E-state index contributed by atoms with van der Waals surface area (Å²) in [6.45, 7) is 4.80. The van der Waals surface area contributed by atoms with Crippen LogP contribution in [0.4, 0.5) is 11.4 Å². The Kier molecular flexibility index (Phi) is 5.52. The number of nitrogens with zero attached hydrogens (tertiary/aromatic N) is 1. The van der Waals surface area contributed by atoms with Gasteiger partial charge in [-0.1, -0.05) is 111 Å². The van der Waals surface area contributed by atoms with E-state index in [2.05, 4.69) is 146 Å². The van der Waals surface area contributed by atoms with Crippen LogP contribution in [-0.2, 0) is 5.41 Å². The highest BCUT2D eigenvalue weighted by Gasteiger charge is 2.43. The molecule has 226 valence electrons. The number of furan rings is 2. The molecule has 0 radical (unpaired) electrons. The molecule has 0 saturated heterocycles. The summed E-state index contributed by atoms with van der Waals surface area (Å²) in [5.41, 5.74) is 11.0. The summed E-state index contributed by atoms with van der Waals surface area (Å²) in [6.07, 6.45) is 11.1. The molecule has 3 heteroatoms. The Morgan fingerprint density at radius 1 is 0.638 bits per heavy atom. The molecule has 8 aromatic rings. The lowest BCUT2D eigenvalue weighted by molar-refractivity contribution is 0.649. The fraction of sp³-hybridized carbons (Fsp3) is 0.136. The van der Waals surface area contributed by atoms with E-state index in [-0.39, 0.29) is 11.5 Å². The van der Waals surface area contributed by atoms with Crippen molar-refractivity contribution in [3.8, 4) is 11.1 Å². The summed E-state index contributed by atoms with van der Waals surface area (Å²) in [7, 11) is 0. The van der Waals surface area contributed by atoms with E-state index in [9.17, 15) is 0 Å². The van der Waals surface area contributed by atoms with Crippen LogP contribution in [0.25, 0.3) is 65.8 Å². The van der Waals surface area contributed by atoms with Gasteiger partial charge < -0.3 is 13.7 Å². The predicted octanol–water partition coefficient (Wildman–Crippen LogP) is 12.4. The van der Waals surface area contributed by atoms with Crippen LogP contribution in [0.1, 0.15) is 37.8 Å². The minimum Gasteiger partial charge on any atom is -0.456 e. The molecule has 2 heterocycles. The van der Waals surface area contributed by atoms with Crippen molar-refractivity contribution in [1.82, 2.24) is 0 Å². The third-order valence-electron chi connectivity index (χ3n) is 10.5. The summed E-state index contributed by atoms with van der Waals surface area (Å²) in [5.74, 6) is 0. The first kappa shape index (κ1) is 26.7. The van der Waals surface area contributed by atoms with Gasteiger partial charge in [0.15, 0.2) is 0 Å². The molecule has 2 aliphatic carbocycles. The first-order chi connectivity index (χ1) is 23.1. The maximum absolute atomic E-state index is 6.81. The zero-order valence-corrected chi connectivity index (χ0v) is 26.5. The second-order valence-corrected chi connectivity index (χ2v) is 13.5. The van der Waals surface area contributed by atoms with Crippen LogP contribution in [0.15, 0.2) is 142 Å². The minimum atomic E-state index is -0.286. The Morgan fingerprint density at radius 3 is 2.21 bits per heavy atom. The zero-order valence-electron chi connectivity index (χ0n) is 26.5. The van der Waals surface area contributed by atoms with Gasteiger partial charge in [0.05, 0.1) is 6.04 Å². The van der Waals surface area contributed by atoms with Crippen molar-refractivity contribution in [2.75, 3.05) is 4.90 Å². The Labute approximate surface area is 273 Å². The van der Waals surface area contributed by atoms with Gasteiger partial charge in [0.1, 0.15) is 22.3 Å². The highest BCUT2D eigenvalue weighted by molar-refractivity contribution is 6.25. The number of para-hydroxylation sites is 2. The van der Waals surface area contributed by atoms with E-state index in [0.717, 1.165) is 45.9 Å². The first-order valence-electron chi connectivity index (χ1n) is 16.6. The SMILES string of the molecule is CC1(C)c2c(cccc2N(c2ccc3oc4ccccc4c3c2)C2C=CC=CCC2)-c2c1c1ccccc1c1c2oc2ccccc21. The third-order valence-corrected chi connectivity index (χ3v) is 10.5. The molecule has 0 spiro atoms. The van der Waals surface area contributed by atoms with E-state index in [1.165, 1.54) is 55.2 Å². The number of allylic oxidation sites excluding steroid dienone is 3. The molecule has 1 unspecified atom stereocenters. The fourth-order valence-corrected chi connectivity index (χ4v) is 8.61. The van der Waals surface area contributed by atoms with Crippen molar-refractivity contribution in [1.29, 1.82) is 0 Å². The zero-order chi connectivity index (χ0) is 31.3. The monoisotopic (exact) mass is 607 g/mol. The molecule has 0 N–H and O–H groups in total. The molecule has 1 atom stereocenters. The topological polar surface area (TPSA) is 29.5 Å². The highest BCUT2D eigenvalue weighted by atomic mass is 16.3. The van der Waals surface area contributed by atoms with Crippen LogP contribution < -0.4 is 4.90 Å². The van der Waals surface area contributed by atoms with Crippen molar-refractivity contribution in [3.63, 3.8) is 0 Å². The van der Waals surface area contributed by atoms with E-state index in [4.69, 9.17) is 8.83 Å². The van der Waals surface area contributed by atoms with Gasteiger partial charge in [0, 0.05) is 43.9 Å². The number of anilines is 2. The smallest absolute Gasteiger partial charge is 0.144 e. The van der Waals surface area contributed by atoms with Crippen molar-refractivity contribution in [3.05, 3.63) is 145 Å². The van der Waals surface area contributed by atoms with Crippen molar-refractivity contribution in [2.45, 2.75) is 38.1 Å². The number of rotatable bonds is 3. The number of fused-ring (bicyclic) bond motifs is 13. The van der Waals surface area contributed by atoms with Gasteiger partial charge in [-0.3, -0.25) is 0 Å². The molecule has 0 bridgehead atoms. The molecular formula is C44H33NO2. The van der Waals surface area contributed by atoms with Crippen LogP contribution in [0.5, 0.6) is 0 Å². The van der Waals surface area contributed by atoms with E-state index >= 15 is 0 Å².